The van der Waals surface area contributed by atoms with Crippen LogP contribution in [0.25, 0.3) is 0 Å². The number of amides is 1. The number of nitrogens with one attached hydrogen (secondary N) is 1. The molecule has 1 fully saturated rings. The molecule has 2 aliphatic heterocycles. The average Bonchev–Trinajstić information content (AvgIpc) is 2.77. The van der Waals surface area contributed by atoms with Crippen molar-refractivity contribution >= 4 is 17.5 Å². The molecule has 0 radical (unpaired) electrons. The van der Waals surface area contributed by atoms with Crippen LogP contribution in [-0.2, 0) is 4.79 Å². The average molecular weight is 482 g/mol. The van der Waals surface area contributed by atoms with Gasteiger partial charge in [0, 0.05) is 42.8 Å². The number of piperidine rings is 1. The van der Waals surface area contributed by atoms with Gasteiger partial charge in [0.2, 0.25) is 5.91 Å². The molecule has 2 aromatic carbocycles. The monoisotopic (exact) mass is 481 g/mol. The normalized spacial score (nSPS) is 20.9. The standard InChI is InChI=1S/C23H26ClF2N3O4/c24-14-1-2-19-20(9-14)32-12-21(33-19)18(30)11-28-17-3-5-29(6-4-17)22(23(27)31)13-7-15(25)10-16(26)8-13/h1-2,7-10,17-18,21-22,28,30H,3-6,11-12H2,(H2,27,31). The lowest BCUT2D eigenvalue weighted by Gasteiger charge is -2.37. The zero-order valence-electron chi connectivity index (χ0n) is 17.8. The molecule has 3 atom stereocenters. The van der Waals surface area contributed by atoms with Crippen molar-refractivity contribution in [3.8, 4) is 11.5 Å². The Morgan fingerprint density at radius 3 is 2.55 bits per heavy atom. The lowest BCUT2D eigenvalue weighted by Crippen LogP contribution is -2.50. The van der Waals surface area contributed by atoms with Gasteiger partial charge < -0.3 is 25.6 Å². The summed E-state index contributed by atoms with van der Waals surface area (Å²) >= 11 is 5.95. The number of nitrogens with zero attached hydrogens (tertiary/aromatic N) is 1. The highest BCUT2D eigenvalue weighted by Crippen LogP contribution is 2.34. The number of benzene rings is 2. The van der Waals surface area contributed by atoms with E-state index in [1.165, 1.54) is 0 Å². The SMILES string of the molecule is NC(=O)C(c1cc(F)cc(F)c1)N1CCC(NCC(O)C2COc3cc(Cl)ccc3O2)CC1. The molecular formula is C23H26ClF2N3O4. The third kappa shape index (κ3) is 5.73. The molecule has 2 heterocycles. The second-order valence-electron chi connectivity index (χ2n) is 8.35. The molecule has 10 heteroatoms. The molecule has 0 aliphatic carbocycles. The number of fused-ring (bicyclic) bond motifs is 1. The van der Waals surface area contributed by atoms with Gasteiger partial charge in [0.05, 0.1) is 0 Å². The van der Waals surface area contributed by atoms with Gasteiger partial charge in [-0.05, 0) is 42.7 Å². The summed E-state index contributed by atoms with van der Waals surface area (Å²) in [7, 11) is 0. The Morgan fingerprint density at radius 2 is 1.88 bits per heavy atom. The van der Waals surface area contributed by atoms with Gasteiger partial charge in [-0.2, -0.15) is 0 Å². The van der Waals surface area contributed by atoms with Crippen molar-refractivity contribution < 1.29 is 28.2 Å². The number of likely N-dealkylation sites (tertiary alicyclic amines) is 1. The van der Waals surface area contributed by atoms with E-state index in [0.717, 1.165) is 18.2 Å². The number of hydrogen-bond acceptors (Lipinski definition) is 6. The Kier molecular flexibility index (Phi) is 7.33. The van der Waals surface area contributed by atoms with E-state index in [4.69, 9.17) is 26.8 Å². The highest BCUT2D eigenvalue weighted by molar-refractivity contribution is 6.30. The smallest absolute Gasteiger partial charge is 0.239 e. The predicted octanol–water partition coefficient (Wildman–Crippen LogP) is 2.40. The second-order valence-corrected chi connectivity index (χ2v) is 8.79. The number of hydrogen-bond donors (Lipinski definition) is 3. The van der Waals surface area contributed by atoms with E-state index in [-0.39, 0.29) is 18.2 Å². The van der Waals surface area contributed by atoms with Crippen molar-refractivity contribution in [1.82, 2.24) is 10.2 Å². The van der Waals surface area contributed by atoms with Gasteiger partial charge >= 0.3 is 0 Å². The molecule has 1 amide bonds. The molecule has 2 aliphatic rings. The van der Waals surface area contributed by atoms with E-state index < -0.39 is 35.8 Å². The molecule has 7 nitrogen and oxygen atoms in total. The molecule has 0 bridgehead atoms. The maximum atomic E-state index is 13.6. The van der Waals surface area contributed by atoms with Crippen molar-refractivity contribution in [1.29, 1.82) is 0 Å². The summed E-state index contributed by atoms with van der Waals surface area (Å²) in [4.78, 5) is 13.9. The maximum Gasteiger partial charge on any atom is 0.239 e. The van der Waals surface area contributed by atoms with Crippen LogP contribution in [0.4, 0.5) is 8.78 Å². The van der Waals surface area contributed by atoms with Gasteiger partial charge in [0.1, 0.15) is 30.4 Å². The van der Waals surface area contributed by atoms with Crippen LogP contribution in [0.2, 0.25) is 5.02 Å². The Hall–Kier alpha value is -2.46. The molecule has 0 spiro atoms. The Balaban J connectivity index is 1.28. The highest BCUT2D eigenvalue weighted by atomic mass is 35.5. The molecule has 33 heavy (non-hydrogen) atoms. The van der Waals surface area contributed by atoms with Crippen molar-refractivity contribution in [2.45, 2.75) is 37.1 Å². The zero-order valence-corrected chi connectivity index (χ0v) is 18.6. The molecule has 3 unspecified atom stereocenters. The van der Waals surface area contributed by atoms with Crippen molar-refractivity contribution in [2.75, 3.05) is 26.2 Å². The number of ether oxygens (including phenoxy) is 2. The summed E-state index contributed by atoms with van der Waals surface area (Å²) < 4.78 is 38.8. The molecule has 178 valence electrons. The minimum atomic E-state index is -0.900. The lowest BCUT2D eigenvalue weighted by atomic mass is 9.98. The number of nitrogens with two attached hydrogens (primary N) is 1. The summed E-state index contributed by atoms with van der Waals surface area (Å²) in [6, 6.07) is 7.31. The van der Waals surface area contributed by atoms with Crippen LogP contribution in [0.3, 0.4) is 0 Å². The van der Waals surface area contributed by atoms with Gasteiger partial charge in [-0.3, -0.25) is 9.69 Å². The first-order valence-electron chi connectivity index (χ1n) is 10.8. The Bertz CT molecular complexity index is 983. The molecule has 4 rings (SSSR count). The van der Waals surface area contributed by atoms with Crippen LogP contribution in [0.1, 0.15) is 24.4 Å². The first kappa shape index (κ1) is 23.7. The van der Waals surface area contributed by atoms with E-state index in [9.17, 15) is 18.7 Å². The fourth-order valence-corrected chi connectivity index (χ4v) is 4.48. The lowest BCUT2D eigenvalue weighted by molar-refractivity contribution is -0.124. The predicted molar refractivity (Wildman–Crippen MR) is 118 cm³/mol. The van der Waals surface area contributed by atoms with E-state index in [0.29, 0.717) is 49.0 Å². The topological polar surface area (TPSA) is 97.1 Å². The van der Waals surface area contributed by atoms with Gasteiger partial charge in [-0.15, -0.1) is 0 Å². The van der Waals surface area contributed by atoms with Gasteiger partial charge in [-0.25, -0.2) is 8.78 Å². The van der Waals surface area contributed by atoms with Crippen molar-refractivity contribution in [2.24, 2.45) is 5.73 Å². The summed E-state index contributed by atoms with van der Waals surface area (Å²) in [6.07, 6.45) is 0.0452. The van der Waals surface area contributed by atoms with Gasteiger partial charge in [-0.1, -0.05) is 11.6 Å². The minimum absolute atomic E-state index is 0.101. The Labute approximate surface area is 195 Å². The van der Waals surface area contributed by atoms with Crippen LogP contribution < -0.4 is 20.5 Å². The molecule has 4 N–H and O–H groups in total. The highest BCUT2D eigenvalue weighted by Gasteiger charge is 2.32. The van der Waals surface area contributed by atoms with Gasteiger partial charge in [0.25, 0.3) is 0 Å². The van der Waals surface area contributed by atoms with E-state index >= 15 is 0 Å². The molecule has 0 aromatic heterocycles. The minimum Gasteiger partial charge on any atom is -0.486 e. The molecule has 2 aromatic rings. The van der Waals surface area contributed by atoms with Crippen LogP contribution in [0.15, 0.2) is 36.4 Å². The van der Waals surface area contributed by atoms with E-state index in [1.807, 2.05) is 4.90 Å². The molecule has 0 saturated carbocycles. The van der Waals surface area contributed by atoms with Crippen LogP contribution in [-0.4, -0.2) is 60.4 Å². The third-order valence-corrected chi connectivity index (χ3v) is 6.23. The summed E-state index contributed by atoms with van der Waals surface area (Å²) in [5.74, 6) is -1.07. The summed E-state index contributed by atoms with van der Waals surface area (Å²) in [5, 5.41) is 14.4. The Morgan fingerprint density at radius 1 is 1.18 bits per heavy atom. The third-order valence-electron chi connectivity index (χ3n) is 6.00. The van der Waals surface area contributed by atoms with Crippen molar-refractivity contribution in [3.05, 3.63) is 58.6 Å². The first-order valence-corrected chi connectivity index (χ1v) is 11.2. The summed E-state index contributed by atoms with van der Waals surface area (Å²) in [6.45, 7) is 1.53. The number of rotatable bonds is 7. The maximum absolute atomic E-state index is 13.6. The van der Waals surface area contributed by atoms with Gasteiger partial charge in [0.15, 0.2) is 17.6 Å². The number of aliphatic hydroxyl groups is 1. The number of carbonyl (C=O) groups excluding carboxylic acids is 1. The largest absolute Gasteiger partial charge is 0.486 e. The van der Waals surface area contributed by atoms with E-state index in [1.54, 1.807) is 18.2 Å². The first-order chi connectivity index (χ1) is 15.8. The number of halogens is 3. The van der Waals surface area contributed by atoms with Crippen LogP contribution >= 0.6 is 11.6 Å². The number of carbonyl (C=O) groups is 1. The fraction of sp³-hybridized carbons (Fsp3) is 0.435. The fourth-order valence-electron chi connectivity index (χ4n) is 4.32. The number of aliphatic hydroxyl groups excluding tert-OH is 1. The molecular weight excluding hydrogens is 456 g/mol. The second kappa shape index (κ2) is 10.2. The number of primary amides is 1. The zero-order chi connectivity index (χ0) is 23.5. The quantitative estimate of drug-likeness (QED) is 0.562. The molecule has 1 saturated heterocycles. The van der Waals surface area contributed by atoms with Crippen LogP contribution in [0, 0.1) is 11.6 Å². The van der Waals surface area contributed by atoms with Crippen LogP contribution in [0.5, 0.6) is 11.5 Å². The summed E-state index contributed by atoms with van der Waals surface area (Å²) in [5.41, 5.74) is 5.76. The van der Waals surface area contributed by atoms with Crippen molar-refractivity contribution in [3.63, 3.8) is 0 Å². The van der Waals surface area contributed by atoms with E-state index in [2.05, 4.69) is 5.32 Å².